The molecule has 8 nitrogen and oxygen atoms in total. The highest BCUT2D eigenvalue weighted by molar-refractivity contribution is 5.77. The number of rotatable bonds is 6. The first kappa shape index (κ1) is 21.2. The molecule has 164 valence electrons. The lowest BCUT2D eigenvalue weighted by Crippen LogP contribution is -2.26. The number of carbonyl (C=O) groups is 1. The van der Waals surface area contributed by atoms with E-state index in [0.717, 1.165) is 16.8 Å². The fourth-order valence-electron chi connectivity index (χ4n) is 3.09. The summed E-state index contributed by atoms with van der Waals surface area (Å²) in [5.41, 5.74) is 0.162. The number of hydrogen-bond donors (Lipinski definition) is 1. The molecule has 0 bridgehead atoms. The van der Waals surface area contributed by atoms with E-state index in [2.05, 4.69) is 15.1 Å². The molecule has 0 radical (unpaired) electrons. The van der Waals surface area contributed by atoms with Crippen LogP contribution in [0.2, 0.25) is 0 Å². The van der Waals surface area contributed by atoms with Gasteiger partial charge in [0.1, 0.15) is 28.5 Å². The molecule has 0 aliphatic carbocycles. The molecule has 0 fully saturated rings. The standard InChI is InChI=1S/C22H18F2N4O4/c1-3-31-22(30)12(2)32-15-7-4-13(5-8-15)19-26-20-16(21(29)27-19)11-25-28(20)18-9-6-14(23)10-17(18)24/h4-12H,3H2,1-2H3,(H,26,27,29). The fraction of sp³-hybridized carbons (Fsp3) is 0.182. The van der Waals surface area contributed by atoms with Gasteiger partial charge in [-0.1, -0.05) is 0 Å². The van der Waals surface area contributed by atoms with Gasteiger partial charge < -0.3 is 14.5 Å². The lowest BCUT2D eigenvalue weighted by Gasteiger charge is -2.13. The van der Waals surface area contributed by atoms with Crippen molar-refractivity contribution in [2.24, 2.45) is 0 Å². The topological polar surface area (TPSA) is 99.1 Å². The predicted molar refractivity (Wildman–Crippen MR) is 112 cm³/mol. The van der Waals surface area contributed by atoms with Gasteiger partial charge in [0.05, 0.1) is 12.8 Å². The van der Waals surface area contributed by atoms with E-state index in [1.54, 1.807) is 38.1 Å². The first-order valence-electron chi connectivity index (χ1n) is 9.74. The van der Waals surface area contributed by atoms with Crippen molar-refractivity contribution in [2.45, 2.75) is 20.0 Å². The van der Waals surface area contributed by atoms with Crippen LogP contribution in [0.3, 0.4) is 0 Å². The highest BCUT2D eigenvalue weighted by atomic mass is 19.1. The van der Waals surface area contributed by atoms with Crippen LogP contribution in [-0.4, -0.2) is 38.4 Å². The number of nitrogens with zero attached hydrogens (tertiary/aromatic N) is 3. The van der Waals surface area contributed by atoms with Gasteiger partial charge in [0.15, 0.2) is 17.6 Å². The Bertz CT molecular complexity index is 1350. The first-order valence-corrected chi connectivity index (χ1v) is 9.74. The molecule has 1 N–H and O–H groups in total. The molecule has 1 atom stereocenters. The maximum absolute atomic E-state index is 14.3. The average Bonchev–Trinajstić information content (AvgIpc) is 3.19. The van der Waals surface area contributed by atoms with Crippen molar-refractivity contribution < 1.29 is 23.0 Å². The number of nitrogens with one attached hydrogen (secondary N) is 1. The van der Waals surface area contributed by atoms with E-state index >= 15 is 0 Å². The van der Waals surface area contributed by atoms with Crippen molar-refractivity contribution in [3.8, 4) is 22.8 Å². The van der Waals surface area contributed by atoms with E-state index < -0.39 is 29.3 Å². The summed E-state index contributed by atoms with van der Waals surface area (Å²) in [6.45, 7) is 3.54. The molecular weight excluding hydrogens is 422 g/mol. The molecule has 4 rings (SSSR count). The minimum Gasteiger partial charge on any atom is -0.479 e. The van der Waals surface area contributed by atoms with Crippen LogP contribution in [0.25, 0.3) is 28.1 Å². The SMILES string of the molecule is CCOC(=O)C(C)Oc1ccc(-c2nc3c(cnn3-c3ccc(F)cc3F)c(=O)[nH]2)cc1. The van der Waals surface area contributed by atoms with E-state index in [9.17, 15) is 18.4 Å². The molecule has 4 aromatic rings. The third kappa shape index (κ3) is 4.07. The van der Waals surface area contributed by atoms with Crippen LogP contribution in [-0.2, 0) is 9.53 Å². The van der Waals surface area contributed by atoms with Crippen LogP contribution >= 0.6 is 0 Å². The Labute approximate surface area is 180 Å². The lowest BCUT2D eigenvalue weighted by molar-refractivity contribution is -0.150. The van der Waals surface area contributed by atoms with Crippen molar-refractivity contribution in [1.29, 1.82) is 0 Å². The van der Waals surface area contributed by atoms with Crippen LogP contribution in [0.1, 0.15) is 13.8 Å². The summed E-state index contributed by atoms with van der Waals surface area (Å²) in [7, 11) is 0. The van der Waals surface area contributed by atoms with Gasteiger partial charge in [0, 0.05) is 11.6 Å². The molecule has 10 heteroatoms. The number of aromatic nitrogens is 4. The van der Waals surface area contributed by atoms with E-state index in [-0.39, 0.29) is 29.2 Å². The summed E-state index contributed by atoms with van der Waals surface area (Å²) in [4.78, 5) is 31.3. The second kappa shape index (κ2) is 8.58. The first-order chi connectivity index (χ1) is 15.4. The van der Waals surface area contributed by atoms with Gasteiger partial charge in [0.25, 0.3) is 5.56 Å². The van der Waals surface area contributed by atoms with Crippen molar-refractivity contribution in [3.05, 3.63) is 70.6 Å². The van der Waals surface area contributed by atoms with E-state index in [1.807, 2.05) is 0 Å². The number of halogens is 2. The van der Waals surface area contributed by atoms with Crippen molar-refractivity contribution in [2.75, 3.05) is 6.61 Å². The highest BCUT2D eigenvalue weighted by Gasteiger charge is 2.17. The Morgan fingerprint density at radius 2 is 1.94 bits per heavy atom. The largest absolute Gasteiger partial charge is 0.479 e. The Morgan fingerprint density at radius 3 is 2.62 bits per heavy atom. The maximum Gasteiger partial charge on any atom is 0.347 e. The van der Waals surface area contributed by atoms with Gasteiger partial charge in [0.2, 0.25) is 0 Å². The second-order valence-corrected chi connectivity index (χ2v) is 6.84. The summed E-state index contributed by atoms with van der Waals surface area (Å²) in [6, 6.07) is 9.57. The molecule has 0 saturated heterocycles. The Hall–Kier alpha value is -4.08. The lowest BCUT2D eigenvalue weighted by atomic mass is 10.2. The number of H-pyrrole nitrogens is 1. The van der Waals surface area contributed by atoms with Gasteiger partial charge >= 0.3 is 5.97 Å². The van der Waals surface area contributed by atoms with Crippen molar-refractivity contribution >= 4 is 17.0 Å². The second-order valence-electron chi connectivity index (χ2n) is 6.84. The van der Waals surface area contributed by atoms with Gasteiger partial charge in [-0.25, -0.2) is 23.2 Å². The fourth-order valence-corrected chi connectivity index (χ4v) is 3.09. The van der Waals surface area contributed by atoms with Gasteiger partial charge in [-0.2, -0.15) is 5.10 Å². The average molecular weight is 440 g/mol. The number of aromatic amines is 1. The monoisotopic (exact) mass is 440 g/mol. The smallest absolute Gasteiger partial charge is 0.347 e. The number of benzene rings is 2. The van der Waals surface area contributed by atoms with E-state index in [1.165, 1.54) is 12.3 Å². The van der Waals surface area contributed by atoms with Crippen LogP contribution in [0.4, 0.5) is 8.78 Å². The van der Waals surface area contributed by atoms with Crippen LogP contribution < -0.4 is 10.3 Å². The molecule has 1 unspecified atom stereocenters. The van der Waals surface area contributed by atoms with Crippen LogP contribution in [0.15, 0.2) is 53.5 Å². The molecule has 32 heavy (non-hydrogen) atoms. The number of ether oxygens (including phenoxy) is 2. The molecular formula is C22H18F2N4O4. The van der Waals surface area contributed by atoms with Gasteiger partial charge in [-0.3, -0.25) is 4.79 Å². The van der Waals surface area contributed by atoms with E-state index in [4.69, 9.17) is 9.47 Å². The highest BCUT2D eigenvalue weighted by Crippen LogP contribution is 2.23. The number of carbonyl (C=O) groups excluding carboxylic acids is 1. The minimum atomic E-state index is -0.837. The van der Waals surface area contributed by atoms with Crippen molar-refractivity contribution in [3.63, 3.8) is 0 Å². The summed E-state index contributed by atoms with van der Waals surface area (Å²) in [5, 5.41) is 4.19. The summed E-state index contributed by atoms with van der Waals surface area (Å²) < 4.78 is 39.1. The molecule has 0 saturated carbocycles. The van der Waals surface area contributed by atoms with Crippen LogP contribution in [0, 0.1) is 11.6 Å². The Morgan fingerprint density at radius 1 is 1.19 bits per heavy atom. The summed E-state index contributed by atoms with van der Waals surface area (Å²) in [5.74, 6) is -1.40. The molecule has 2 aromatic carbocycles. The van der Waals surface area contributed by atoms with Crippen molar-refractivity contribution in [1.82, 2.24) is 19.7 Å². The zero-order valence-corrected chi connectivity index (χ0v) is 17.1. The predicted octanol–water partition coefficient (Wildman–Crippen LogP) is 3.38. The Balaban J connectivity index is 1.68. The van der Waals surface area contributed by atoms with Gasteiger partial charge in [-0.05, 0) is 50.2 Å². The summed E-state index contributed by atoms with van der Waals surface area (Å²) >= 11 is 0. The zero-order valence-electron chi connectivity index (χ0n) is 17.1. The number of esters is 1. The van der Waals surface area contributed by atoms with Gasteiger partial charge in [-0.15, -0.1) is 0 Å². The molecule has 0 aliphatic rings. The van der Waals surface area contributed by atoms with E-state index in [0.29, 0.717) is 11.3 Å². The molecule has 0 aliphatic heterocycles. The molecule has 0 spiro atoms. The molecule has 0 amide bonds. The molecule has 2 aromatic heterocycles. The summed E-state index contributed by atoms with van der Waals surface area (Å²) in [6.07, 6.45) is 0.483. The number of hydrogen-bond acceptors (Lipinski definition) is 6. The third-order valence-corrected chi connectivity index (χ3v) is 4.64. The zero-order chi connectivity index (χ0) is 22.8. The normalized spacial score (nSPS) is 12.0. The number of fused-ring (bicyclic) bond motifs is 1. The minimum absolute atomic E-state index is 0.0397. The quantitative estimate of drug-likeness (QED) is 0.462. The third-order valence-electron chi connectivity index (χ3n) is 4.64. The van der Waals surface area contributed by atoms with Crippen LogP contribution in [0.5, 0.6) is 5.75 Å². The Kier molecular flexibility index (Phi) is 5.67. The maximum atomic E-state index is 14.3. The molecule has 2 heterocycles.